The van der Waals surface area contributed by atoms with E-state index in [4.69, 9.17) is 0 Å². The molecule has 1 aromatic rings. The second kappa shape index (κ2) is 6.07. The molecular weight excluding hydrogens is 280 g/mol. The molecule has 0 radical (unpaired) electrons. The number of nitro benzene ring substituents is 2. The number of nitrogens with zero attached hydrogens (tertiary/aromatic N) is 3. The summed E-state index contributed by atoms with van der Waals surface area (Å²) in [6.07, 6.45) is 1.88. The highest BCUT2D eigenvalue weighted by atomic mass is 16.6. The molecule has 0 amide bonds. The van der Waals surface area contributed by atoms with E-state index in [1.807, 2.05) is 0 Å². The van der Waals surface area contributed by atoms with Crippen LogP contribution in [-0.4, -0.2) is 21.3 Å². The van der Waals surface area contributed by atoms with Gasteiger partial charge in [0.25, 0.3) is 5.69 Å². The van der Waals surface area contributed by atoms with Crippen LogP contribution in [0, 0.1) is 20.2 Å². The van der Waals surface area contributed by atoms with Crippen LogP contribution in [0.15, 0.2) is 23.3 Å². The van der Waals surface area contributed by atoms with Crippen LogP contribution >= 0.6 is 0 Å². The molecule has 0 unspecified atom stereocenters. The van der Waals surface area contributed by atoms with Gasteiger partial charge >= 0.3 is 5.69 Å². The number of ketones is 1. The van der Waals surface area contributed by atoms with Crippen LogP contribution in [0.2, 0.25) is 0 Å². The molecule has 9 heteroatoms. The Kier molecular flexibility index (Phi) is 4.21. The molecule has 1 N–H and O–H groups in total. The van der Waals surface area contributed by atoms with Gasteiger partial charge in [-0.25, -0.2) is 0 Å². The van der Waals surface area contributed by atoms with E-state index < -0.39 is 15.5 Å². The minimum atomic E-state index is -0.708. The lowest BCUT2D eigenvalue weighted by molar-refractivity contribution is -0.393. The summed E-state index contributed by atoms with van der Waals surface area (Å²) in [5.41, 5.74) is 2.61. The predicted octanol–water partition coefficient (Wildman–Crippen LogP) is 2.41. The van der Waals surface area contributed by atoms with Crippen LogP contribution in [0.5, 0.6) is 0 Å². The molecule has 0 saturated heterocycles. The lowest BCUT2D eigenvalue weighted by Gasteiger charge is -2.11. The van der Waals surface area contributed by atoms with Gasteiger partial charge in [0.2, 0.25) is 0 Å². The van der Waals surface area contributed by atoms with Crippen LogP contribution in [0.4, 0.5) is 17.1 Å². The van der Waals surface area contributed by atoms with Crippen LogP contribution in [0.1, 0.15) is 25.7 Å². The normalized spacial score (nSPS) is 14.7. The number of rotatable bonds is 4. The second-order valence-electron chi connectivity index (χ2n) is 4.54. The molecule has 1 aliphatic rings. The van der Waals surface area contributed by atoms with Crippen molar-refractivity contribution in [3.05, 3.63) is 38.4 Å². The van der Waals surface area contributed by atoms with Crippen molar-refractivity contribution < 1.29 is 14.6 Å². The number of nitro groups is 2. The molecule has 1 fully saturated rings. The van der Waals surface area contributed by atoms with E-state index in [0.29, 0.717) is 25.7 Å². The first-order valence-corrected chi connectivity index (χ1v) is 6.23. The fraction of sp³-hybridized carbons (Fsp3) is 0.333. The van der Waals surface area contributed by atoms with Gasteiger partial charge in [0, 0.05) is 24.6 Å². The summed E-state index contributed by atoms with van der Waals surface area (Å²) in [6.45, 7) is 0. The highest BCUT2D eigenvalue weighted by Crippen LogP contribution is 2.29. The van der Waals surface area contributed by atoms with Gasteiger partial charge in [-0.2, -0.15) is 5.10 Å². The molecule has 0 bridgehead atoms. The molecule has 110 valence electrons. The van der Waals surface area contributed by atoms with Crippen LogP contribution in [0.3, 0.4) is 0 Å². The average molecular weight is 292 g/mol. The number of Topliss-reactive ketones (excluding diaryl/α,β-unsaturated/α-hetero) is 1. The number of anilines is 1. The second-order valence-corrected chi connectivity index (χ2v) is 4.54. The summed E-state index contributed by atoms with van der Waals surface area (Å²) in [7, 11) is 0. The standard InChI is InChI=1S/C12H12N4O5/c17-10-4-1-8(2-5-10)13-14-11-6-3-9(15(18)19)7-12(11)16(20)21/h3,6-7,14H,1-2,4-5H2. The Morgan fingerprint density at radius 2 is 1.71 bits per heavy atom. The number of benzene rings is 1. The van der Waals surface area contributed by atoms with Gasteiger partial charge in [-0.05, 0) is 18.9 Å². The maximum Gasteiger partial charge on any atom is 0.301 e. The molecule has 21 heavy (non-hydrogen) atoms. The summed E-state index contributed by atoms with van der Waals surface area (Å²) in [6, 6.07) is 3.29. The Morgan fingerprint density at radius 1 is 1.05 bits per heavy atom. The lowest BCUT2D eigenvalue weighted by atomic mass is 9.97. The summed E-state index contributed by atoms with van der Waals surface area (Å²) in [5.74, 6) is 0.176. The largest absolute Gasteiger partial charge is 0.301 e. The molecule has 0 heterocycles. The van der Waals surface area contributed by atoms with E-state index in [9.17, 15) is 25.0 Å². The van der Waals surface area contributed by atoms with E-state index in [-0.39, 0.29) is 17.2 Å². The molecule has 1 aliphatic carbocycles. The monoisotopic (exact) mass is 292 g/mol. The zero-order chi connectivity index (χ0) is 15.4. The Bertz CT molecular complexity index is 629. The van der Waals surface area contributed by atoms with Gasteiger partial charge in [-0.3, -0.25) is 30.4 Å². The van der Waals surface area contributed by atoms with Crippen molar-refractivity contribution in [2.75, 3.05) is 5.43 Å². The molecule has 0 spiro atoms. The Morgan fingerprint density at radius 3 is 2.29 bits per heavy atom. The van der Waals surface area contributed by atoms with Crippen molar-refractivity contribution in [2.45, 2.75) is 25.7 Å². The van der Waals surface area contributed by atoms with Crippen molar-refractivity contribution in [3.8, 4) is 0 Å². The zero-order valence-corrected chi connectivity index (χ0v) is 10.9. The third-order valence-electron chi connectivity index (χ3n) is 3.11. The van der Waals surface area contributed by atoms with Gasteiger partial charge < -0.3 is 0 Å². The van der Waals surface area contributed by atoms with Crippen LogP contribution < -0.4 is 5.43 Å². The summed E-state index contributed by atoms with van der Waals surface area (Å²) >= 11 is 0. The lowest BCUT2D eigenvalue weighted by Crippen LogP contribution is -2.14. The first-order valence-electron chi connectivity index (χ1n) is 6.23. The smallest absolute Gasteiger partial charge is 0.300 e. The number of carbonyl (C=O) groups excluding carboxylic acids is 1. The SMILES string of the molecule is O=C1CCC(=NNc2ccc([N+](=O)[O-])cc2[N+](=O)[O-])CC1. The van der Waals surface area contributed by atoms with Crippen LogP contribution in [-0.2, 0) is 4.79 Å². The Balaban J connectivity index is 2.19. The maximum atomic E-state index is 11.1. The van der Waals surface area contributed by atoms with Crippen molar-refractivity contribution in [3.63, 3.8) is 0 Å². The van der Waals surface area contributed by atoms with Crippen molar-refractivity contribution in [1.82, 2.24) is 0 Å². The third-order valence-corrected chi connectivity index (χ3v) is 3.11. The molecule has 1 aromatic carbocycles. The number of hydrogen-bond acceptors (Lipinski definition) is 7. The van der Waals surface area contributed by atoms with Gasteiger partial charge in [-0.1, -0.05) is 0 Å². The molecule has 0 atom stereocenters. The summed E-state index contributed by atoms with van der Waals surface area (Å²) in [4.78, 5) is 31.3. The summed E-state index contributed by atoms with van der Waals surface area (Å²) < 4.78 is 0. The van der Waals surface area contributed by atoms with Gasteiger partial charge in [-0.15, -0.1) is 0 Å². The first-order chi connectivity index (χ1) is 9.97. The van der Waals surface area contributed by atoms with Crippen molar-refractivity contribution in [1.29, 1.82) is 0 Å². The minimum absolute atomic E-state index is 0.0787. The fourth-order valence-corrected chi connectivity index (χ4v) is 1.95. The average Bonchev–Trinajstić information content (AvgIpc) is 2.46. The fourth-order valence-electron chi connectivity index (χ4n) is 1.95. The third kappa shape index (κ3) is 3.59. The number of nitrogens with one attached hydrogen (secondary N) is 1. The molecule has 2 rings (SSSR count). The molecule has 1 saturated carbocycles. The van der Waals surface area contributed by atoms with Crippen molar-refractivity contribution >= 4 is 28.6 Å². The topological polar surface area (TPSA) is 128 Å². The van der Waals surface area contributed by atoms with E-state index in [0.717, 1.165) is 11.8 Å². The van der Waals surface area contributed by atoms with Crippen molar-refractivity contribution in [2.24, 2.45) is 5.10 Å². The van der Waals surface area contributed by atoms with Gasteiger partial charge in [0.1, 0.15) is 11.5 Å². The Labute approximate surface area is 118 Å². The highest BCUT2D eigenvalue weighted by Gasteiger charge is 2.20. The summed E-state index contributed by atoms with van der Waals surface area (Å²) in [5, 5.41) is 25.6. The highest BCUT2D eigenvalue weighted by molar-refractivity contribution is 5.96. The number of non-ortho nitro benzene ring substituents is 1. The maximum absolute atomic E-state index is 11.1. The number of hydrazone groups is 1. The van der Waals surface area contributed by atoms with E-state index in [1.165, 1.54) is 12.1 Å². The molecule has 0 aromatic heterocycles. The quantitative estimate of drug-likeness (QED) is 0.670. The number of hydrogen-bond donors (Lipinski definition) is 1. The zero-order valence-electron chi connectivity index (χ0n) is 10.9. The molecule has 9 nitrogen and oxygen atoms in total. The van der Waals surface area contributed by atoms with E-state index >= 15 is 0 Å². The van der Waals surface area contributed by atoms with E-state index in [1.54, 1.807) is 0 Å². The predicted molar refractivity (Wildman–Crippen MR) is 74.3 cm³/mol. The van der Waals surface area contributed by atoms with Gasteiger partial charge in [0.05, 0.1) is 15.9 Å². The van der Waals surface area contributed by atoms with E-state index in [2.05, 4.69) is 10.5 Å². The minimum Gasteiger partial charge on any atom is -0.300 e. The number of carbonyl (C=O) groups is 1. The van der Waals surface area contributed by atoms with Crippen LogP contribution in [0.25, 0.3) is 0 Å². The molecule has 0 aliphatic heterocycles. The first kappa shape index (κ1) is 14.6. The van der Waals surface area contributed by atoms with Gasteiger partial charge in [0.15, 0.2) is 0 Å². The Hall–Kier alpha value is -2.84. The molecular formula is C12H12N4O5.